The van der Waals surface area contributed by atoms with Gasteiger partial charge in [-0.25, -0.2) is 4.98 Å². The summed E-state index contributed by atoms with van der Waals surface area (Å²) < 4.78 is 2.54. The molecule has 0 aromatic carbocycles. The van der Waals surface area contributed by atoms with Gasteiger partial charge in [-0.15, -0.1) is 0 Å². The number of carbonyl (C=O) groups excluding carboxylic acids is 1. The summed E-state index contributed by atoms with van der Waals surface area (Å²) in [6.07, 6.45) is 1.65. The zero-order valence-corrected chi connectivity index (χ0v) is 11.9. The molecule has 6 heteroatoms. The molecule has 0 spiro atoms. The molecule has 0 radical (unpaired) electrons. The zero-order chi connectivity index (χ0) is 13.3. The third-order valence-electron chi connectivity index (χ3n) is 2.62. The number of pyridine rings is 1. The first-order valence-electron chi connectivity index (χ1n) is 5.41. The molecule has 2 aromatic heterocycles. The molecule has 1 amide bonds. The van der Waals surface area contributed by atoms with Crippen molar-refractivity contribution in [1.29, 1.82) is 0 Å². The first-order valence-corrected chi connectivity index (χ1v) is 6.21. The lowest BCUT2D eigenvalue weighted by molar-refractivity contribution is 0.102. The molecule has 0 saturated carbocycles. The molecule has 0 aliphatic heterocycles. The lowest BCUT2D eigenvalue weighted by atomic mass is 10.3. The summed E-state index contributed by atoms with van der Waals surface area (Å²) in [4.78, 5) is 16.1. The van der Waals surface area contributed by atoms with Gasteiger partial charge in [-0.05, 0) is 47.5 Å². The van der Waals surface area contributed by atoms with E-state index in [0.29, 0.717) is 11.5 Å². The van der Waals surface area contributed by atoms with Crippen LogP contribution in [0.2, 0.25) is 0 Å². The molecule has 1 N–H and O–H groups in total. The van der Waals surface area contributed by atoms with Crippen molar-refractivity contribution < 1.29 is 4.79 Å². The van der Waals surface area contributed by atoms with Gasteiger partial charge in [0.2, 0.25) is 0 Å². The molecule has 18 heavy (non-hydrogen) atoms. The fourth-order valence-electron chi connectivity index (χ4n) is 1.51. The normalized spacial score (nSPS) is 10.4. The first-order chi connectivity index (χ1) is 8.47. The Morgan fingerprint density at radius 1 is 1.39 bits per heavy atom. The number of nitrogens with one attached hydrogen (secondary N) is 1. The molecule has 0 bridgehead atoms. The van der Waals surface area contributed by atoms with Gasteiger partial charge >= 0.3 is 0 Å². The number of rotatable bonds is 2. The van der Waals surface area contributed by atoms with Gasteiger partial charge in [-0.2, -0.15) is 5.10 Å². The van der Waals surface area contributed by atoms with Crippen LogP contribution in [0.25, 0.3) is 0 Å². The smallest absolute Gasteiger partial charge is 0.277 e. The Morgan fingerprint density at radius 2 is 2.11 bits per heavy atom. The Bertz CT molecular complexity index is 587. The van der Waals surface area contributed by atoms with E-state index in [0.717, 1.165) is 15.7 Å². The van der Waals surface area contributed by atoms with Crippen LogP contribution in [0.4, 0.5) is 5.82 Å². The molecule has 0 fully saturated rings. The average Bonchev–Trinajstić information content (AvgIpc) is 2.63. The van der Waals surface area contributed by atoms with Gasteiger partial charge in [0.25, 0.3) is 5.91 Å². The fraction of sp³-hybridized carbons (Fsp3) is 0.250. The van der Waals surface area contributed by atoms with Gasteiger partial charge in [-0.3, -0.25) is 9.48 Å². The largest absolute Gasteiger partial charge is 0.305 e. The van der Waals surface area contributed by atoms with E-state index in [9.17, 15) is 4.79 Å². The highest BCUT2D eigenvalue weighted by molar-refractivity contribution is 9.10. The van der Waals surface area contributed by atoms with Gasteiger partial charge in [0.05, 0.1) is 0 Å². The Hall–Kier alpha value is -1.69. The second-order valence-corrected chi connectivity index (χ2v) is 4.98. The molecule has 94 valence electrons. The minimum absolute atomic E-state index is 0.253. The van der Waals surface area contributed by atoms with Crippen molar-refractivity contribution in [3.63, 3.8) is 0 Å². The van der Waals surface area contributed by atoms with E-state index in [2.05, 4.69) is 31.3 Å². The Labute approximate surface area is 113 Å². The number of amides is 1. The van der Waals surface area contributed by atoms with Gasteiger partial charge in [0.15, 0.2) is 5.69 Å². The predicted octanol–water partition coefficient (Wildman–Crippen LogP) is 2.45. The minimum atomic E-state index is -0.253. The predicted molar refractivity (Wildman–Crippen MR) is 72.6 cm³/mol. The quantitative estimate of drug-likeness (QED) is 0.927. The fourth-order valence-corrected chi connectivity index (χ4v) is 1.96. The number of nitrogens with zero attached hydrogens (tertiary/aromatic N) is 3. The van der Waals surface area contributed by atoms with Crippen molar-refractivity contribution in [2.45, 2.75) is 13.8 Å². The van der Waals surface area contributed by atoms with E-state index in [4.69, 9.17) is 0 Å². The highest BCUT2D eigenvalue weighted by atomic mass is 79.9. The third kappa shape index (κ3) is 2.59. The standard InChI is InChI=1S/C12H13BrN4O/c1-7-4-9(13)6-14-11(7)15-12(18)10-5-8(2)17(3)16-10/h4-6H,1-3H3,(H,14,15,18). The van der Waals surface area contributed by atoms with Crippen LogP contribution in [0.1, 0.15) is 21.7 Å². The summed E-state index contributed by atoms with van der Waals surface area (Å²) >= 11 is 3.33. The van der Waals surface area contributed by atoms with E-state index < -0.39 is 0 Å². The molecular formula is C12H13BrN4O. The van der Waals surface area contributed by atoms with Crippen LogP contribution in [-0.2, 0) is 7.05 Å². The summed E-state index contributed by atoms with van der Waals surface area (Å²) in [5.74, 6) is 0.295. The average molecular weight is 309 g/mol. The summed E-state index contributed by atoms with van der Waals surface area (Å²) in [7, 11) is 1.80. The number of aryl methyl sites for hydroxylation is 3. The molecule has 0 saturated heterocycles. The van der Waals surface area contributed by atoms with E-state index in [1.54, 1.807) is 24.0 Å². The Balaban J connectivity index is 2.21. The summed E-state index contributed by atoms with van der Waals surface area (Å²) in [5.41, 5.74) is 2.21. The van der Waals surface area contributed by atoms with Gasteiger partial charge in [-0.1, -0.05) is 0 Å². The lowest BCUT2D eigenvalue weighted by Gasteiger charge is -2.05. The zero-order valence-electron chi connectivity index (χ0n) is 10.4. The lowest BCUT2D eigenvalue weighted by Crippen LogP contribution is -2.14. The maximum atomic E-state index is 12.0. The number of hydrogen-bond acceptors (Lipinski definition) is 3. The van der Waals surface area contributed by atoms with Crippen molar-refractivity contribution in [1.82, 2.24) is 14.8 Å². The Kier molecular flexibility index (Phi) is 3.47. The highest BCUT2D eigenvalue weighted by Crippen LogP contribution is 2.17. The molecule has 0 atom stereocenters. The monoisotopic (exact) mass is 308 g/mol. The molecular weight excluding hydrogens is 296 g/mol. The number of halogens is 1. The van der Waals surface area contributed by atoms with E-state index in [1.807, 2.05) is 19.9 Å². The van der Waals surface area contributed by atoms with Crippen LogP contribution in [0.15, 0.2) is 22.8 Å². The van der Waals surface area contributed by atoms with Gasteiger partial charge in [0, 0.05) is 23.4 Å². The number of anilines is 1. The third-order valence-corrected chi connectivity index (χ3v) is 3.06. The molecule has 0 aliphatic carbocycles. The summed E-state index contributed by atoms with van der Waals surface area (Å²) in [5, 5.41) is 6.87. The van der Waals surface area contributed by atoms with Crippen LogP contribution >= 0.6 is 15.9 Å². The maximum Gasteiger partial charge on any atom is 0.277 e. The number of hydrogen-bond donors (Lipinski definition) is 1. The topological polar surface area (TPSA) is 59.8 Å². The highest BCUT2D eigenvalue weighted by Gasteiger charge is 2.12. The molecule has 5 nitrogen and oxygen atoms in total. The van der Waals surface area contributed by atoms with Crippen LogP contribution < -0.4 is 5.32 Å². The van der Waals surface area contributed by atoms with Gasteiger partial charge in [0.1, 0.15) is 5.82 Å². The SMILES string of the molecule is Cc1cc(Br)cnc1NC(=O)c1cc(C)n(C)n1. The van der Waals surface area contributed by atoms with Crippen LogP contribution in [0.3, 0.4) is 0 Å². The summed E-state index contributed by atoms with van der Waals surface area (Å²) in [6.45, 7) is 3.78. The minimum Gasteiger partial charge on any atom is -0.305 e. The van der Waals surface area contributed by atoms with E-state index in [1.165, 1.54) is 0 Å². The van der Waals surface area contributed by atoms with Crippen molar-refractivity contribution in [2.75, 3.05) is 5.32 Å². The first kappa shape index (κ1) is 12.8. The van der Waals surface area contributed by atoms with Crippen molar-refractivity contribution >= 4 is 27.7 Å². The van der Waals surface area contributed by atoms with Crippen LogP contribution in [0.5, 0.6) is 0 Å². The maximum absolute atomic E-state index is 12.0. The van der Waals surface area contributed by atoms with Gasteiger partial charge < -0.3 is 5.32 Å². The van der Waals surface area contributed by atoms with Crippen molar-refractivity contribution in [2.24, 2.45) is 7.05 Å². The summed E-state index contributed by atoms with van der Waals surface area (Å²) in [6, 6.07) is 3.63. The van der Waals surface area contributed by atoms with E-state index >= 15 is 0 Å². The molecule has 0 unspecified atom stereocenters. The molecule has 2 heterocycles. The number of aromatic nitrogens is 3. The van der Waals surface area contributed by atoms with Crippen LogP contribution in [0, 0.1) is 13.8 Å². The molecule has 2 rings (SSSR count). The number of carbonyl (C=O) groups is 1. The van der Waals surface area contributed by atoms with Crippen molar-refractivity contribution in [3.8, 4) is 0 Å². The van der Waals surface area contributed by atoms with Crippen LogP contribution in [-0.4, -0.2) is 20.7 Å². The molecule has 2 aromatic rings. The van der Waals surface area contributed by atoms with E-state index in [-0.39, 0.29) is 5.91 Å². The second-order valence-electron chi connectivity index (χ2n) is 4.07. The Morgan fingerprint density at radius 3 is 2.67 bits per heavy atom. The van der Waals surface area contributed by atoms with Crippen molar-refractivity contribution in [3.05, 3.63) is 39.8 Å². The second kappa shape index (κ2) is 4.89. The molecule has 0 aliphatic rings.